The normalized spacial score (nSPS) is 22.8. The monoisotopic (exact) mass is 306 g/mol. The predicted molar refractivity (Wildman–Crippen MR) is 84.4 cm³/mol. The van der Waals surface area contributed by atoms with Gasteiger partial charge in [0.1, 0.15) is 11.2 Å². The van der Waals surface area contributed by atoms with Crippen LogP contribution in [0.3, 0.4) is 0 Å². The fourth-order valence-electron chi connectivity index (χ4n) is 3.59. The van der Waals surface area contributed by atoms with Gasteiger partial charge in [0.2, 0.25) is 5.88 Å². The van der Waals surface area contributed by atoms with E-state index in [0.717, 1.165) is 25.7 Å². The molecule has 1 fully saturated rings. The van der Waals surface area contributed by atoms with E-state index in [1.807, 2.05) is 0 Å². The molecule has 1 aliphatic carbocycles. The minimum atomic E-state index is -0.320. The lowest BCUT2D eigenvalue weighted by atomic mass is 9.92. The highest BCUT2D eigenvalue weighted by Gasteiger charge is 2.39. The molecule has 6 heteroatoms. The summed E-state index contributed by atoms with van der Waals surface area (Å²) in [5.74, 6) is 0.423. The maximum atomic E-state index is 12.5. The number of hydrogen-bond donors (Lipinski definition) is 2. The van der Waals surface area contributed by atoms with Gasteiger partial charge in [-0.2, -0.15) is 0 Å². The SMILES string of the molecule is Cc1noc2c1C(=O)N(C)NC1(CCCCCCCCC1)N2. The molecule has 1 saturated carbocycles. The predicted octanol–water partition coefficient (Wildman–Crippen LogP) is 3.21. The van der Waals surface area contributed by atoms with Crippen LogP contribution in [0.1, 0.15) is 73.8 Å². The van der Waals surface area contributed by atoms with Crippen LogP contribution in [0.4, 0.5) is 5.88 Å². The number of aryl methyl sites for hydroxylation is 1. The zero-order chi connectivity index (χ0) is 15.6. The van der Waals surface area contributed by atoms with E-state index in [0.29, 0.717) is 17.1 Å². The van der Waals surface area contributed by atoms with E-state index < -0.39 is 0 Å². The minimum absolute atomic E-state index is 0.0878. The number of amides is 1. The maximum absolute atomic E-state index is 12.5. The van der Waals surface area contributed by atoms with E-state index in [2.05, 4.69) is 15.9 Å². The maximum Gasteiger partial charge on any atom is 0.275 e. The number of fused-ring (bicyclic) bond motifs is 1. The molecule has 1 aromatic heterocycles. The summed E-state index contributed by atoms with van der Waals surface area (Å²) in [7, 11) is 1.78. The van der Waals surface area contributed by atoms with Crippen LogP contribution in [-0.2, 0) is 0 Å². The summed E-state index contributed by atoms with van der Waals surface area (Å²) in [6.07, 6.45) is 10.7. The Bertz CT molecular complexity index is 530. The summed E-state index contributed by atoms with van der Waals surface area (Å²) in [6.45, 7) is 1.81. The molecule has 0 unspecified atom stereocenters. The van der Waals surface area contributed by atoms with Crippen molar-refractivity contribution in [2.24, 2.45) is 0 Å². The van der Waals surface area contributed by atoms with Gasteiger partial charge in [0.25, 0.3) is 5.91 Å². The first-order valence-electron chi connectivity index (χ1n) is 8.42. The summed E-state index contributed by atoms with van der Waals surface area (Å²) < 4.78 is 5.39. The number of aromatic nitrogens is 1. The van der Waals surface area contributed by atoms with Crippen molar-refractivity contribution in [1.82, 2.24) is 15.6 Å². The van der Waals surface area contributed by atoms with E-state index in [1.54, 1.807) is 19.0 Å². The van der Waals surface area contributed by atoms with Crippen LogP contribution < -0.4 is 10.7 Å². The van der Waals surface area contributed by atoms with Crippen LogP contribution in [-0.4, -0.2) is 28.8 Å². The second-order valence-electron chi connectivity index (χ2n) is 6.63. The Labute approximate surface area is 131 Å². The lowest BCUT2D eigenvalue weighted by Gasteiger charge is -2.37. The van der Waals surface area contributed by atoms with E-state index in [-0.39, 0.29) is 11.6 Å². The van der Waals surface area contributed by atoms with Crippen LogP contribution in [0, 0.1) is 6.92 Å². The lowest BCUT2D eigenvalue weighted by molar-refractivity contribution is 0.0610. The Kier molecular flexibility index (Phi) is 4.38. The summed E-state index contributed by atoms with van der Waals surface area (Å²) >= 11 is 0. The molecule has 122 valence electrons. The van der Waals surface area contributed by atoms with Crippen molar-refractivity contribution in [3.8, 4) is 0 Å². The highest BCUT2D eigenvalue weighted by molar-refractivity contribution is 5.99. The van der Waals surface area contributed by atoms with Gasteiger partial charge in [-0.25, -0.2) is 5.43 Å². The van der Waals surface area contributed by atoms with Gasteiger partial charge in [-0.15, -0.1) is 0 Å². The fourth-order valence-corrected chi connectivity index (χ4v) is 3.59. The van der Waals surface area contributed by atoms with E-state index >= 15 is 0 Å². The third kappa shape index (κ3) is 2.97. The number of rotatable bonds is 0. The Hall–Kier alpha value is -1.56. The Morgan fingerprint density at radius 2 is 1.68 bits per heavy atom. The van der Waals surface area contributed by atoms with Crippen molar-refractivity contribution in [2.75, 3.05) is 12.4 Å². The highest BCUT2D eigenvalue weighted by atomic mass is 16.5. The van der Waals surface area contributed by atoms with Crippen molar-refractivity contribution in [1.29, 1.82) is 0 Å². The number of hydrazine groups is 1. The van der Waals surface area contributed by atoms with Gasteiger partial charge in [-0.05, 0) is 32.6 Å². The Morgan fingerprint density at radius 1 is 1.09 bits per heavy atom. The van der Waals surface area contributed by atoms with Gasteiger partial charge in [0, 0.05) is 7.05 Å². The fraction of sp³-hybridized carbons (Fsp3) is 0.750. The highest BCUT2D eigenvalue weighted by Crippen LogP contribution is 2.32. The van der Waals surface area contributed by atoms with E-state index in [9.17, 15) is 4.79 Å². The van der Waals surface area contributed by atoms with Gasteiger partial charge >= 0.3 is 0 Å². The average molecular weight is 306 g/mol. The molecular weight excluding hydrogens is 280 g/mol. The summed E-state index contributed by atoms with van der Waals surface area (Å²) in [6, 6.07) is 0. The van der Waals surface area contributed by atoms with Crippen molar-refractivity contribution in [3.05, 3.63) is 11.3 Å². The molecule has 1 spiro atoms. The molecule has 1 amide bonds. The number of nitrogens with one attached hydrogen (secondary N) is 2. The van der Waals surface area contributed by atoms with Gasteiger partial charge in [-0.3, -0.25) is 9.80 Å². The molecule has 0 bridgehead atoms. The van der Waals surface area contributed by atoms with Gasteiger partial charge in [-0.1, -0.05) is 37.3 Å². The van der Waals surface area contributed by atoms with E-state index in [4.69, 9.17) is 4.52 Å². The zero-order valence-corrected chi connectivity index (χ0v) is 13.6. The molecule has 2 N–H and O–H groups in total. The second-order valence-corrected chi connectivity index (χ2v) is 6.63. The number of hydrogen-bond acceptors (Lipinski definition) is 5. The summed E-state index contributed by atoms with van der Waals surface area (Å²) in [5, 5.41) is 9.03. The number of nitrogens with zero attached hydrogens (tertiary/aromatic N) is 2. The van der Waals surface area contributed by atoms with Crippen LogP contribution >= 0.6 is 0 Å². The Balaban J connectivity index is 1.89. The van der Waals surface area contributed by atoms with Crippen molar-refractivity contribution < 1.29 is 9.32 Å². The smallest absolute Gasteiger partial charge is 0.275 e. The van der Waals surface area contributed by atoms with Crippen LogP contribution in [0.5, 0.6) is 0 Å². The van der Waals surface area contributed by atoms with Gasteiger partial charge in [0.15, 0.2) is 0 Å². The van der Waals surface area contributed by atoms with Crippen LogP contribution in [0.15, 0.2) is 4.52 Å². The van der Waals surface area contributed by atoms with Crippen molar-refractivity contribution >= 4 is 11.8 Å². The number of carbonyl (C=O) groups excluding carboxylic acids is 1. The summed E-state index contributed by atoms with van der Waals surface area (Å²) in [5.41, 5.74) is 4.27. The molecule has 1 aromatic rings. The van der Waals surface area contributed by atoms with Crippen LogP contribution in [0.2, 0.25) is 0 Å². The van der Waals surface area contributed by atoms with Crippen LogP contribution in [0.25, 0.3) is 0 Å². The molecule has 2 aliphatic rings. The minimum Gasteiger partial charge on any atom is -0.338 e. The molecule has 0 atom stereocenters. The third-order valence-electron chi connectivity index (χ3n) is 4.82. The average Bonchev–Trinajstić information content (AvgIpc) is 2.80. The molecule has 0 saturated heterocycles. The first kappa shape index (κ1) is 15.3. The molecule has 1 aliphatic heterocycles. The molecule has 3 rings (SSSR count). The number of carbonyl (C=O) groups is 1. The van der Waals surface area contributed by atoms with Crippen molar-refractivity contribution in [2.45, 2.75) is 70.4 Å². The molecule has 6 nitrogen and oxygen atoms in total. The molecule has 0 radical (unpaired) electrons. The first-order valence-corrected chi connectivity index (χ1v) is 8.42. The first-order chi connectivity index (χ1) is 10.6. The molecule has 0 aromatic carbocycles. The van der Waals surface area contributed by atoms with Crippen molar-refractivity contribution in [3.63, 3.8) is 0 Å². The largest absolute Gasteiger partial charge is 0.338 e. The zero-order valence-electron chi connectivity index (χ0n) is 13.6. The molecule has 22 heavy (non-hydrogen) atoms. The quantitative estimate of drug-likeness (QED) is 0.770. The Morgan fingerprint density at radius 3 is 2.32 bits per heavy atom. The lowest BCUT2D eigenvalue weighted by Crippen LogP contribution is -2.57. The van der Waals surface area contributed by atoms with Gasteiger partial charge in [0.05, 0.1) is 5.69 Å². The van der Waals surface area contributed by atoms with E-state index in [1.165, 1.54) is 32.1 Å². The molecule has 2 heterocycles. The second kappa shape index (κ2) is 6.28. The summed E-state index contributed by atoms with van der Waals surface area (Å²) in [4.78, 5) is 12.5. The molecular formula is C16H26N4O2. The van der Waals surface area contributed by atoms with Gasteiger partial charge < -0.3 is 9.84 Å². The number of anilines is 1. The third-order valence-corrected chi connectivity index (χ3v) is 4.82. The topological polar surface area (TPSA) is 70.4 Å². The standard InChI is InChI=1S/C16H26N4O2/c1-12-13-14(22-18-12)17-16(19-20(2)15(13)21)10-8-6-4-3-5-7-9-11-16/h17,19H,3-11H2,1-2H3.